The average Bonchev–Trinajstić information content (AvgIpc) is 2.80. The molecule has 20 heavy (non-hydrogen) atoms. The van der Waals surface area contributed by atoms with Crippen molar-refractivity contribution >= 4 is 21.8 Å². The van der Waals surface area contributed by atoms with Crippen molar-refractivity contribution in [2.45, 2.75) is 20.0 Å². The van der Waals surface area contributed by atoms with Crippen molar-refractivity contribution < 1.29 is 14.3 Å². The van der Waals surface area contributed by atoms with Crippen LogP contribution >= 0.6 is 15.9 Å². The number of furan rings is 1. The first-order chi connectivity index (χ1) is 9.47. The molecule has 2 aromatic rings. The van der Waals surface area contributed by atoms with Crippen LogP contribution in [0, 0.1) is 13.8 Å². The highest BCUT2D eigenvalue weighted by Crippen LogP contribution is 2.19. The van der Waals surface area contributed by atoms with Crippen LogP contribution in [0.15, 0.2) is 39.6 Å². The van der Waals surface area contributed by atoms with Crippen LogP contribution in [0.25, 0.3) is 0 Å². The minimum atomic E-state index is -0.733. The standard InChI is InChI=1S/C15H16BrNO3/c1-9-5-10(2)7-11(6-9)13(18)8-17-15(19)12-3-4-20-14(12)16/h3-7,13,18H,8H2,1-2H3,(H,17,19). The van der Waals surface area contributed by atoms with Crippen LogP contribution in [-0.2, 0) is 0 Å². The predicted molar refractivity (Wildman–Crippen MR) is 79.6 cm³/mol. The van der Waals surface area contributed by atoms with Gasteiger partial charge in [0.25, 0.3) is 5.91 Å². The Balaban J connectivity index is 2.00. The summed E-state index contributed by atoms with van der Waals surface area (Å²) < 4.78 is 5.39. The number of carbonyl (C=O) groups excluding carboxylic acids is 1. The highest BCUT2D eigenvalue weighted by Gasteiger charge is 2.15. The minimum Gasteiger partial charge on any atom is -0.457 e. The zero-order valence-electron chi connectivity index (χ0n) is 11.3. The van der Waals surface area contributed by atoms with Gasteiger partial charge in [0.05, 0.1) is 17.9 Å². The van der Waals surface area contributed by atoms with Crippen molar-refractivity contribution in [3.05, 3.63) is 57.5 Å². The monoisotopic (exact) mass is 337 g/mol. The molecule has 1 heterocycles. The van der Waals surface area contributed by atoms with Gasteiger partial charge in [-0.05, 0) is 41.4 Å². The second-order valence-corrected chi connectivity index (χ2v) is 5.48. The molecule has 0 bridgehead atoms. The van der Waals surface area contributed by atoms with Crippen LogP contribution in [0.1, 0.15) is 33.2 Å². The maximum atomic E-state index is 11.9. The Kier molecular flexibility index (Phi) is 4.62. The lowest BCUT2D eigenvalue weighted by atomic mass is 10.0. The maximum absolute atomic E-state index is 11.9. The van der Waals surface area contributed by atoms with Gasteiger partial charge in [0, 0.05) is 6.54 Å². The molecule has 0 saturated heterocycles. The fourth-order valence-electron chi connectivity index (χ4n) is 2.06. The number of aliphatic hydroxyl groups is 1. The molecule has 1 amide bonds. The van der Waals surface area contributed by atoms with E-state index in [-0.39, 0.29) is 12.5 Å². The van der Waals surface area contributed by atoms with Gasteiger partial charge in [0.1, 0.15) is 0 Å². The zero-order chi connectivity index (χ0) is 14.7. The zero-order valence-corrected chi connectivity index (χ0v) is 12.9. The summed E-state index contributed by atoms with van der Waals surface area (Å²) in [5.74, 6) is -0.283. The van der Waals surface area contributed by atoms with Crippen LogP contribution in [0.5, 0.6) is 0 Å². The quantitative estimate of drug-likeness (QED) is 0.900. The Hall–Kier alpha value is -1.59. The van der Waals surface area contributed by atoms with Gasteiger partial charge in [-0.1, -0.05) is 29.3 Å². The van der Waals surface area contributed by atoms with Crippen molar-refractivity contribution in [3.8, 4) is 0 Å². The van der Waals surface area contributed by atoms with E-state index in [2.05, 4.69) is 21.2 Å². The van der Waals surface area contributed by atoms with E-state index in [1.165, 1.54) is 6.26 Å². The third-order valence-electron chi connectivity index (χ3n) is 2.95. The summed E-state index contributed by atoms with van der Waals surface area (Å²) in [6.07, 6.45) is 0.697. The molecule has 0 aliphatic heterocycles. The van der Waals surface area contributed by atoms with Gasteiger partial charge >= 0.3 is 0 Å². The molecule has 2 rings (SSSR count). The topological polar surface area (TPSA) is 62.5 Å². The first-order valence-electron chi connectivity index (χ1n) is 6.25. The number of nitrogens with one attached hydrogen (secondary N) is 1. The minimum absolute atomic E-state index is 0.152. The average molecular weight is 338 g/mol. The first kappa shape index (κ1) is 14.8. The maximum Gasteiger partial charge on any atom is 0.255 e. The van der Waals surface area contributed by atoms with Gasteiger partial charge in [-0.2, -0.15) is 0 Å². The van der Waals surface area contributed by atoms with Crippen molar-refractivity contribution in [2.75, 3.05) is 6.54 Å². The fraction of sp³-hybridized carbons (Fsp3) is 0.267. The summed E-state index contributed by atoms with van der Waals surface area (Å²) in [5, 5.41) is 12.8. The van der Waals surface area contributed by atoms with E-state index in [1.54, 1.807) is 6.07 Å². The number of aliphatic hydroxyl groups excluding tert-OH is 1. The van der Waals surface area contributed by atoms with Gasteiger partial charge in [-0.3, -0.25) is 4.79 Å². The molecule has 5 heteroatoms. The number of hydrogen-bond donors (Lipinski definition) is 2. The highest BCUT2D eigenvalue weighted by atomic mass is 79.9. The van der Waals surface area contributed by atoms with Crippen LogP contribution in [-0.4, -0.2) is 17.6 Å². The van der Waals surface area contributed by atoms with Crippen molar-refractivity contribution in [1.29, 1.82) is 0 Å². The molecule has 0 fully saturated rings. The van der Waals surface area contributed by atoms with E-state index in [4.69, 9.17) is 4.42 Å². The number of rotatable bonds is 4. The van der Waals surface area contributed by atoms with E-state index in [0.29, 0.717) is 10.2 Å². The molecular weight excluding hydrogens is 322 g/mol. The molecule has 1 atom stereocenters. The fourth-order valence-corrected chi connectivity index (χ4v) is 2.48. The third kappa shape index (κ3) is 3.49. The lowest BCUT2D eigenvalue weighted by Crippen LogP contribution is -2.28. The lowest BCUT2D eigenvalue weighted by molar-refractivity contribution is 0.0914. The van der Waals surface area contributed by atoms with Crippen LogP contribution in [0.4, 0.5) is 0 Å². The lowest BCUT2D eigenvalue weighted by Gasteiger charge is -2.13. The van der Waals surface area contributed by atoms with Crippen LogP contribution < -0.4 is 5.32 Å². The van der Waals surface area contributed by atoms with E-state index >= 15 is 0 Å². The van der Waals surface area contributed by atoms with E-state index < -0.39 is 6.10 Å². The second kappa shape index (κ2) is 6.24. The van der Waals surface area contributed by atoms with Crippen molar-refractivity contribution in [2.24, 2.45) is 0 Å². The van der Waals surface area contributed by atoms with Crippen molar-refractivity contribution in [1.82, 2.24) is 5.32 Å². The third-order valence-corrected chi connectivity index (χ3v) is 3.56. The molecule has 1 unspecified atom stereocenters. The van der Waals surface area contributed by atoms with Crippen LogP contribution in [0.3, 0.4) is 0 Å². The highest BCUT2D eigenvalue weighted by molar-refractivity contribution is 9.10. The van der Waals surface area contributed by atoms with E-state index in [1.807, 2.05) is 32.0 Å². The summed E-state index contributed by atoms with van der Waals surface area (Å²) in [6, 6.07) is 7.44. The van der Waals surface area contributed by atoms with Gasteiger partial charge in [0.2, 0.25) is 0 Å². The molecule has 4 nitrogen and oxygen atoms in total. The molecule has 0 radical (unpaired) electrons. The smallest absolute Gasteiger partial charge is 0.255 e. The molecule has 0 aliphatic rings. The van der Waals surface area contributed by atoms with E-state index in [9.17, 15) is 9.90 Å². The number of aryl methyl sites for hydroxylation is 2. The summed E-state index contributed by atoms with van der Waals surface area (Å²) in [5.41, 5.74) is 3.39. The number of amides is 1. The molecule has 0 saturated carbocycles. The second-order valence-electron chi connectivity index (χ2n) is 4.75. The molecule has 0 aliphatic carbocycles. The number of hydrogen-bond acceptors (Lipinski definition) is 3. The molecule has 106 valence electrons. The Labute approximate surface area is 125 Å². The van der Waals surface area contributed by atoms with Crippen molar-refractivity contribution in [3.63, 3.8) is 0 Å². The SMILES string of the molecule is Cc1cc(C)cc(C(O)CNC(=O)c2ccoc2Br)c1. The number of halogens is 1. The Bertz CT molecular complexity index is 601. The Morgan fingerprint density at radius 1 is 1.35 bits per heavy atom. The molecular formula is C15H16BrNO3. The first-order valence-corrected chi connectivity index (χ1v) is 7.04. The van der Waals surface area contributed by atoms with Gasteiger partial charge < -0.3 is 14.8 Å². The number of benzene rings is 1. The summed E-state index contributed by atoms with van der Waals surface area (Å²) in [7, 11) is 0. The summed E-state index contributed by atoms with van der Waals surface area (Å²) >= 11 is 3.15. The predicted octanol–water partition coefficient (Wildman–Crippen LogP) is 3.12. The molecule has 2 N–H and O–H groups in total. The molecule has 1 aromatic carbocycles. The van der Waals surface area contributed by atoms with Gasteiger partial charge in [0.15, 0.2) is 4.67 Å². The summed E-state index contributed by atoms with van der Waals surface area (Å²) in [6.45, 7) is 4.11. The van der Waals surface area contributed by atoms with Gasteiger partial charge in [-0.15, -0.1) is 0 Å². The van der Waals surface area contributed by atoms with Crippen LogP contribution in [0.2, 0.25) is 0 Å². The normalized spacial score (nSPS) is 12.2. The molecule has 1 aromatic heterocycles. The van der Waals surface area contributed by atoms with Gasteiger partial charge in [-0.25, -0.2) is 0 Å². The molecule has 0 spiro atoms. The summed E-state index contributed by atoms with van der Waals surface area (Å²) in [4.78, 5) is 11.9. The largest absolute Gasteiger partial charge is 0.457 e. The number of carbonyl (C=O) groups is 1. The van der Waals surface area contributed by atoms with E-state index in [0.717, 1.165) is 16.7 Å². The Morgan fingerprint density at radius 3 is 2.55 bits per heavy atom. The Morgan fingerprint density at radius 2 is 2.00 bits per heavy atom.